The van der Waals surface area contributed by atoms with Crippen molar-refractivity contribution in [3.8, 4) is 0 Å². The van der Waals surface area contributed by atoms with Crippen LogP contribution in [-0.4, -0.2) is 34.7 Å². The highest BCUT2D eigenvalue weighted by Gasteiger charge is 2.32. The van der Waals surface area contributed by atoms with E-state index < -0.39 is 11.8 Å². The largest absolute Gasteiger partial charge is 0.328 e. The third-order valence-electron chi connectivity index (χ3n) is 4.00. The van der Waals surface area contributed by atoms with Crippen molar-refractivity contribution in [1.29, 1.82) is 0 Å². The van der Waals surface area contributed by atoms with Crippen molar-refractivity contribution in [2.45, 2.75) is 13.1 Å². The molecule has 0 aromatic heterocycles. The average Bonchev–Trinajstić information content (AvgIpc) is 2.58. The molecule has 1 saturated heterocycles. The molecule has 2 aromatic carbocycles. The summed E-state index contributed by atoms with van der Waals surface area (Å²) in [6, 6.07) is 13.4. The summed E-state index contributed by atoms with van der Waals surface area (Å²) in [4.78, 5) is 27.5. The van der Waals surface area contributed by atoms with Crippen LogP contribution in [0.15, 0.2) is 48.5 Å². The average molecular weight is 347 g/mol. The lowest BCUT2D eigenvalue weighted by Crippen LogP contribution is -2.53. The second-order valence-electron chi connectivity index (χ2n) is 5.67. The van der Waals surface area contributed by atoms with Crippen LogP contribution in [0.25, 0.3) is 0 Å². The van der Waals surface area contributed by atoms with Crippen LogP contribution in [0.3, 0.4) is 0 Å². The van der Waals surface area contributed by atoms with Gasteiger partial charge in [-0.2, -0.15) is 0 Å². The molecule has 124 valence electrons. The Morgan fingerprint density at radius 3 is 2.08 bits per heavy atom. The number of halogens is 2. The monoisotopic (exact) mass is 346 g/mol. The zero-order chi connectivity index (χ0) is 17.1. The lowest BCUT2D eigenvalue weighted by Gasteiger charge is -2.34. The highest BCUT2D eigenvalue weighted by atomic mass is 35.5. The van der Waals surface area contributed by atoms with Crippen molar-refractivity contribution in [2.75, 3.05) is 13.1 Å². The second-order valence-corrected chi connectivity index (χ2v) is 6.11. The Kier molecular flexibility index (Phi) is 4.81. The van der Waals surface area contributed by atoms with Crippen LogP contribution in [0.5, 0.6) is 0 Å². The number of hydrogen-bond acceptors (Lipinski definition) is 2. The van der Waals surface area contributed by atoms with Gasteiger partial charge in [-0.25, -0.2) is 4.39 Å². The van der Waals surface area contributed by atoms with Crippen LogP contribution in [0.1, 0.15) is 11.1 Å². The van der Waals surface area contributed by atoms with Crippen molar-refractivity contribution in [2.24, 2.45) is 0 Å². The molecule has 24 heavy (non-hydrogen) atoms. The summed E-state index contributed by atoms with van der Waals surface area (Å²) in [5.41, 5.74) is 1.31. The molecule has 0 aliphatic carbocycles. The quantitative estimate of drug-likeness (QED) is 0.799. The third-order valence-corrected chi connectivity index (χ3v) is 4.25. The van der Waals surface area contributed by atoms with Gasteiger partial charge in [0.15, 0.2) is 0 Å². The topological polar surface area (TPSA) is 40.6 Å². The van der Waals surface area contributed by atoms with Crippen LogP contribution in [0, 0.1) is 5.82 Å². The number of hydrogen-bond donors (Lipinski definition) is 0. The van der Waals surface area contributed by atoms with E-state index in [9.17, 15) is 14.0 Å². The molecule has 3 rings (SSSR count). The van der Waals surface area contributed by atoms with Crippen LogP contribution < -0.4 is 0 Å². The first kappa shape index (κ1) is 16.5. The number of carbonyl (C=O) groups excluding carboxylic acids is 2. The SMILES string of the molecule is O=C1C(=O)N(Cc2ccccc2F)CCN1Cc1ccc(Cl)cc1. The van der Waals surface area contributed by atoms with Crippen molar-refractivity contribution < 1.29 is 14.0 Å². The fourth-order valence-corrected chi connectivity index (χ4v) is 2.79. The minimum Gasteiger partial charge on any atom is -0.328 e. The Balaban J connectivity index is 1.66. The molecular weight excluding hydrogens is 331 g/mol. The summed E-state index contributed by atoms with van der Waals surface area (Å²) < 4.78 is 13.7. The number of nitrogens with zero attached hydrogens (tertiary/aromatic N) is 2. The molecule has 1 aliphatic rings. The Hall–Kier alpha value is -2.40. The van der Waals surface area contributed by atoms with Crippen molar-refractivity contribution in [1.82, 2.24) is 9.80 Å². The molecule has 0 unspecified atom stereocenters. The predicted molar refractivity (Wildman–Crippen MR) is 88.7 cm³/mol. The molecule has 6 heteroatoms. The van der Waals surface area contributed by atoms with E-state index in [0.29, 0.717) is 30.2 Å². The van der Waals surface area contributed by atoms with Gasteiger partial charge in [-0.1, -0.05) is 41.9 Å². The molecule has 0 atom stereocenters. The molecule has 1 heterocycles. The number of benzene rings is 2. The molecule has 0 radical (unpaired) electrons. The summed E-state index contributed by atoms with van der Waals surface area (Å²) in [7, 11) is 0. The normalized spacial score (nSPS) is 15.1. The maximum absolute atomic E-state index is 13.7. The Labute approximate surface area is 144 Å². The highest BCUT2D eigenvalue weighted by Crippen LogP contribution is 2.16. The first-order chi connectivity index (χ1) is 11.5. The second kappa shape index (κ2) is 7.01. The van der Waals surface area contributed by atoms with Crippen LogP contribution in [0.2, 0.25) is 5.02 Å². The summed E-state index contributed by atoms with van der Waals surface area (Å²) >= 11 is 5.84. The van der Waals surface area contributed by atoms with Crippen molar-refractivity contribution in [3.05, 3.63) is 70.5 Å². The van der Waals surface area contributed by atoms with E-state index >= 15 is 0 Å². The number of carbonyl (C=O) groups is 2. The summed E-state index contributed by atoms with van der Waals surface area (Å²) in [6.07, 6.45) is 0. The lowest BCUT2D eigenvalue weighted by molar-refractivity contribution is -0.156. The maximum atomic E-state index is 13.7. The Bertz CT molecular complexity index is 764. The van der Waals surface area contributed by atoms with Gasteiger partial charge in [-0.05, 0) is 23.8 Å². The first-order valence-electron chi connectivity index (χ1n) is 7.60. The summed E-state index contributed by atoms with van der Waals surface area (Å²) in [5, 5.41) is 0.621. The summed E-state index contributed by atoms with van der Waals surface area (Å²) in [6.45, 7) is 1.26. The van der Waals surface area contributed by atoms with Gasteiger partial charge in [0, 0.05) is 36.8 Å². The summed E-state index contributed by atoms with van der Waals surface area (Å²) in [5.74, 6) is -1.53. The van der Waals surface area contributed by atoms with Gasteiger partial charge in [0.05, 0.1) is 0 Å². The minimum atomic E-state index is -0.599. The van der Waals surface area contributed by atoms with Gasteiger partial charge in [-0.15, -0.1) is 0 Å². The molecule has 0 N–H and O–H groups in total. The fourth-order valence-electron chi connectivity index (χ4n) is 2.66. The van der Waals surface area contributed by atoms with Crippen LogP contribution >= 0.6 is 11.6 Å². The van der Waals surface area contributed by atoms with E-state index in [4.69, 9.17) is 11.6 Å². The van der Waals surface area contributed by atoms with Crippen LogP contribution in [0.4, 0.5) is 4.39 Å². The molecular formula is C18H16ClFN2O2. The maximum Gasteiger partial charge on any atom is 0.312 e. The zero-order valence-electron chi connectivity index (χ0n) is 12.9. The van der Waals surface area contributed by atoms with Crippen LogP contribution in [-0.2, 0) is 22.7 Å². The van der Waals surface area contributed by atoms with E-state index in [0.717, 1.165) is 5.56 Å². The van der Waals surface area contributed by atoms with Crippen molar-refractivity contribution >= 4 is 23.4 Å². The minimum absolute atomic E-state index is 0.103. The zero-order valence-corrected chi connectivity index (χ0v) is 13.7. The molecule has 0 saturated carbocycles. The van der Waals surface area contributed by atoms with E-state index in [1.54, 1.807) is 30.3 Å². The van der Waals surface area contributed by atoms with E-state index in [1.165, 1.54) is 15.9 Å². The number of piperazine rings is 1. The van der Waals surface area contributed by atoms with E-state index in [1.807, 2.05) is 12.1 Å². The van der Waals surface area contributed by atoms with Gasteiger partial charge in [0.1, 0.15) is 5.82 Å². The van der Waals surface area contributed by atoms with Crippen molar-refractivity contribution in [3.63, 3.8) is 0 Å². The van der Waals surface area contributed by atoms with Gasteiger partial charge < -0.3 is 9.80 Å². The van der Waals surface area contributed by atoms with E-state index in [2.05, 4.69) is 0 Å². The molecule has 1 aliphatic heterocycles. The van der Waals surface area contributed by atoms with Gasteiger partial charge in [0.2, 0.25) is 0 Å². The van der Waals surface area contributed by atoms with Gasteiger partial charge in [0.25, 0.3) is 0 Å². The molecule has 2 amide bonds. The Morgan fingerprint density at radius 2 is 1.46 bits per heavy atom. The molecule has 0 bridgehead atoms. The molecule has 2 aromatic rings. The first-order valence-corrected chi connectivity index (χ1v) is 7.98. The molecule has 1 fully saturated rings. The van der Waals surface area contributed by atoms with Gasteiger partial charge >= 0.3 is 11.8 Å². The standard InChI is InChI=1S/C18H16ClFN2O2/c19-15-7-5-13(6-8-15)11-21-9-10-22(18(24)17(21)23)12-14-3-1-2-4-16(14)20/h1-8H,9-12H2. The number of rotatable bonds is 4. The smallest absolute Gasteiger partial charge is 0.312 e. The van der Waals surface area contributed by atoms with Gasteiger partial charge in [-0.3, -0.25) is 9.59 Å². The fraction of sp³-hybridized carbons (Fsp3) is 0.222. The molecule has 4 nitrogen and oxygen atoms in total. The third kappa shape index (κ3) is 3.57. The lowest BCUT2D eigenvalue weighted by atomic mass is 10.1. The predicted octanol–water partition coefficient (Wildman–Crippen LogP) is 2.85. The van der Waals surface area contributed by atoms with E-state index in [-0.39, 0.29) is 12.4 Å². The highest BCUT2D eigenvalue weighted by molar-refractivity contribution is 6.35. The Morgan fingerprint density at radius 1 is 0.875 bits per heavy atom. The molecule has 0 spiro atoms. The number of amides is 2.